The van der Waals surface area contributed by atoms with Gasteiger partial charge in [-0.1, -0.05) is 13.8 Å². The first-order valence-corrected chi connectivity index (χ1v) is 10.2. The van der Waals surface area contributed by atoms with Gasteiger partial charge in [0.2, 0.25) is 11.8 Å². The average molecular weight is 348 g/mol. The molecular weight excluding hydrogens is 314 g/mol. The van der Waals surface area contributed by atoms with E-state index in [0.717, 1.165) is 43.9 Å². The third-order valence-corrected chi connectivity index (χ3v) is 6.99. The second kappa shape index (κ2) is 6.57. The van der Waals surface area contributed by atoms with Crippen molar-refractivity contribution in [2.75, 3.05) is 32.7 Å². The Morgan fingerprint density at radius 1 is 0.960 bits per heavy atom. The Balaban J connectivity index is 1.27. The van der Waals surface area contributed by atoms with Crippen molar-refractivity contribution in [1.82, 2.24) is 15.1 Å². The highest BCUT2D eigenvalue weighted by molar-refractivity contribution is 5.79. The molecule has 5 heteroatoms. The molecule has 5 aliphatic rings. The van der Waals surface area contributed by atoms with Gasteiger partial charge in [-0.25, -0.2) is 0 Å². The molecule has 5 fully saturated rings. The zero-order valence-electron chi connectivity index (χ0n) is 15.8. The highest BCUT2D eigenvalue weighted by Gasteiger charge is 2.51. The summed E-state index contributed by atoms with van der Waals surface area (Å²) in [7, 11) is 0. The molecule has 25 heavy (non-hydrogen) atoms. The van der Waals surface area contributed by atoms with E-state index in [-0.39, 0.29) is 23.3 Å². The predicted octanol–water partition coefficient (Wildman–Crippen LogP) is 1.87. The molecule has 1 N–H and O–H groups in total. The van der Waals surface area contributed by atoms with E-state index in [1.165, 1.54) is 38.5 Å². The molecule has 0 radical (unpaired) electrons. The van der Waals surface area contributed by atoms with Crippen LogP contribution in [0, 0.1) is 23.7 Å². The fourth-order valence-corrected chi connectivity index (χ4v) is 6.29. The summed E-state index contributed by atoms with van der Waals surface area (Å²) in [5.41, 5.74) is 0.112. The molecule has 1 saturated heterocycles. The molecule has 0 aromatic carbocycles. The molecule has 4 saturated carbocycles. The number of carbonyl (C=O) groups is 2. The predicted molar refractivity (Wildman–Crippen MR) is 96.9 cm³/mol. The van der Waals surface area contributed by atoms with Crippen LogP contribution in [0.5, 0.6) is 0 Å². The van der Waals surface area contributed by atoms with Crippen molar-refractivity contribution in [3.8, 4) is 0 Å². The second-order valence-electron chi connectivity index (χ2n) is 9.50. The summed E-state index contributed by atoms with van der Waals surface area (Å²) in [6.07, 6.45) is 7.84. The number of rotatable bonds is 4. The zero-order chi connectivity index (χ0) is 17.6. The van der Waals surface area contributed by atoms with E-state index in [1.54, 1.807) is 0 Å². The molecule has 4 bridgehead atoms. The van der Waals surface area contributed by atoms with Gasteiger partial charge in [0.25, 0.3) is 0 Å². The Kier molecular flexibility index (Phi) is 4.55. The van der Waals surface area contributed by atoms with Gasteiger partial charge in [0, 0.05) is 37.6 Å². The molecule has 5 nitrogen and oxygen atoms in total. The van der Waals surface area contributed by atoms with Gasteiger partial charge in [0.1, 0.15) is 0 Å². The summed E-state index contributed by atoms with van der Waals surface area (Å²) in [5.74, 6) is 3.07. The van der Waals surface area contributed by atoms with Gasteiger partial charge >= 0.3 is 0 Å². The molecule has 0 unspecified atom stereocenters. The lowest BCUT2D eigenvalue weighted by Crippen LogP contribution is -2.61. The molecule has 4 aliphatic carbocycles. The Hall–Kier alpha value is -1.10. The van der Waals surface area contributed by atoms with Crippen molar-refractivity contribution in [2.45, 2.75) is 57.9 Å². The van der Waals surface area contributed by atoms with E-state index in [0.29, 0.717) is 6.54 Å². The van der Waals surface area contributed by atoms with Crippen LogP contribution in [0.3, 0.4) is 0 Å². The molecule has 0 aromatic heterocycles. The van der Waals surface area contributed by atoms with Gasteiger partial charge in [-0.3, -0.25) is 14.5 Å². The highest BCUT2D eigenvalue weighted by Crippen LogP contribution is 2.55. The van der Waals surface area contributed by atoms with Crippen LogP contribution in [-0.2, 0) is 9.59 Å². The Morgan fingerprint density at radius 3 is 1.96 bits per heavy atom. The van der Waals surface area contributed by atoms with Crippen molar-refractivity contribution < 1.29 is 9.59 Å². The summed E-state index contributed by atoms with van der Waals surface area (Å²) in [5, 5.41) is 3.46. The van der Waals surface area contributed by atoms with E-state index in [1.807, 2.05) is 18.7 Å². The Labute approximate surface area is 151 Å². The fourth-order valence-electron chi connectivity index (χ4n) is 6.29. The lowest BCUT2D eigenvalue weighted by molar-refractivity contribution is -0.136. The van der Waals surface area contributed by atoms with Crippen LogP contribution in [0.15, 0.2) is 0 Å². The molecule has 0 spiro atoms. The van der Waals surface area contributed by atoms with Crippen molar-refractivity contribution in [3.63, 3.8) is 0 Å². The lowest BCUT2D eigenvalue weighted by Gasteiger charge is -2.57. The van der Waals surface area contributed by atoms with Crippen LogP contribution >= 0.6 is 0 Å². The minimum atomic E-state index is 0.0610. The zero-order valence-corrected chi connectivity index (χ0v) is 15.8. The number of amides is 2. The van der Waals surface area contributed by atoms with E-state index in [4.69, 9.17) is 0 Å². The van der Waals surface area contributed by atoms with E-state index in [2.05, 4.69) is 10.2 Å². The van der Waals surface area contributed by atoms with Gasteiger partial charge in [0.15, 0.2) is 0 Å². The Bertz CT molecular complexity index is 502. The minimum Gasteiger partial charge on any atom is -0.350 e. The lowest BCUT2D eigenvalue weighted by atomic mass is 9.53. The van der Waals surface area contributed by atoms with E-state index >= 15 is 0 Å². The molecular formula is C20H33N3O2. The Morgan fingerprint density at radius 2 is 1.48 bits per heavy atom. The van der Waals surface area contributed by atoms with Crippen molar-refractivity contribution in [3.05, 3.63) is 0 Å². The fraction of sp³-hybridized carbons (Fsp3) is 0.900. The van der Waals surface area contributed by atoms with Gasteiger partial charge < -0.3 is 10.2 Å². The summed E-state index contributed by atoms with van der Waals surface area (Å²) in [6.45, 7) is 7.52. The highest BCUT2D eigenvalue weighted by atomic mass is 16.2. The summed E-state index contributed by atoms with van der Waals surface area (Å²) >= 11 is 0. The standard InChI is InChI=1S/C20H33N3O2/c1-14(2)19(25)23-5-3-22(4-6-23)13-18(24)21-20-10-15-7-16(11-20)9-17(8-15)12-20/h14-17H,3-13H2,1-2H3,(H,21,24). The van der Waals surface area contributed by atoms with Crippen LogP contribution in [0.25, 0.3) is 0 Å². The maximum atomic E-state index is 12.7. The van der Waals surface area contributed by atoms with Crippen LogP contribution in [0.2, 0.25) is 0 Å². The molecule has 1 heterocycles. The molecule has 140 valence electrons. The number of hydrogen-bond donors (Lipinski definition) is 1. The maximum Gasteiger partial charge on any atom is 0.234 e. The third kappa shape index (κ3) is 3.57. The van der Waals surface area contributed by atoms with Crippen molar-refractivity contribution >= 4 is 11.8 Å². The minimum absolute atomic E-state index is 0.0610. The number of carbonyl (C=O) groups excluding carboxylic acids is 2. The largest absolute Gasteiger partial charge is 0.350 e. The topological polar surface area (TPSA) is 52.7 Å². The van der Waals surface area contributed by atoms with E-state index in [9.17, 15) is 9.59 Å². The molecule has 0 atom stereocenters. The summed E-state index contributed by atoms with van der Waals surface area (Å²) in [6, 6.07) is 0. The van der Waals surface area contributed by atoms with Crippen LogP contribution < -0.4 is 5.32 Å². The van der Waals surface area contributed by atoms with Crippen LogP contribution in [0.1, 0.15) is 52.4 Å². The smallest absolute Gasteiger partial charge is 0.234 e. The third-order valence-electron chi connectivity index (χ3n) is 6.99. The maximum absolute atomic E-state index is 12.7. The van der Waals surface area contributed by atoms with Crippen molar-refractivity contribution in [1.29, 1.82) is 0 Å². The first kappa shape index (κ1) is 17.3. The summed E-state index contributed by atoms with van der Waals surface area (Å²) < 4.78 is 0. The van der Waals surface area contributed by atoms with Gasteiger partial charge in [-0.15, -0.1) is 0 Å². The summed E-state index contributed by atoms with van der Waals surface area (Å²) in [4.78, 5) is 28.9. The van der Waals surface area contributed by atoms with E-state index < -0.39 is 0 Å². The molecule has 1 aliphatic heterocycles. The number of hydrogen-bond acceptors (Lipinski definition) is 3. The van der Waals surface area contributed by atoms with Gasteiger partial charge in [0.05, 0.1) is 6.54 Å². The monoisotopic (exact) mass is 347 g/mol. The van der Waals surface area contributed by atoms with Crippen LogP contribution in [-0.4, -0.2) is 59.9 Å². The van der Waals surface area contributed by atoms with Crippen molar-refractivity contribution in [2.24, 2.45) is 23.7 Å². The van der Waals surface area contributed by atoms with Crippen LogP contribution in [0.4, 0.5) is 0 Å². The molecule has 5 rings (SSSR count). The first-order chi connectivity index (χ1) is 11.9. The molecule has 0 aromatic rings. The first-order valence-electron chi connectivity index (χ1n) is 10.2. The number of nitrogens with zero attached hydrogens (tertiary/aromatic N) is 2. The normalized spacial score (nSPS) is 37.6. The average Bonchev–Trinajstić information content (AvgIpc) is 2.52. The SMILES string of the molecule is CC(C)C(=O)N1CCN(CC(=O)NC23CC4CC(CC(C4)C2)C3)CC1. The quantitative estimate of drug-likeness (QED) is 0.845. The second-order valence-corrected chi connectivity index (χ2v) is 9.50. The van der Waals surface area contributed by atoms with Gasteiger partial charge in [-0.05, 0) is 56.3 Å². The van der Waals surface area contributed by atoms with Gasteiger partial charge in [-0.2, -0.15) is 0 Å². The number of piperazine rings is 1. The number of nitrogens with one attached hydrogen (secondary N) is 1. The molecule has 2 amide bonds.